The number of aryl methyl sites for hydroxylation is 1. The number of anilines is 2. The van der Waals surface area contributed by atoms with Crippen LogP contribution in [0.15, 0.2) is 36.4 Å². The van der Waals surface area contributed by atoms with E-state index < -0.39 is 0 Å². The maximum atomic E-state index is 12.5. The smallest absolute Gasteiger partial charge is 0.244 e. The van der Waals surface area contributed by atoms with Gasteiger partial charge in [-0.25, -0.2) is 0 Å². The molecule has 2 aromatic rings. The highest BCUT2D eigenvalue weighted by Gasteiger charge is 2.19. The van der Waals surface area contributed by atoms with E-state index in [9.17, 15) is 9.59 Å². The molecule has 6 nitrogen and oxygen atoms in total. The molecule has 0 heterocycles. The molecule has 0 aliphatic carbocycles. The summed E-state index contributed by atoms with van der Waals surface area (Å²) in [6, 6.07) is 10.2. The molecule has 2 amide bonds. The molecule has 2 rings (SSSR count). The third-order valence-electron chi connectivity index (χ3n) is 3.81. The van der Waals surface area contributed by atoms with E-state index in [0.717, 1.165) is 5.56 Å². The molecule has 0 bridgehead atoms. The number of nitrogens with zero attached hydrogens (tertiary/aromatic N) is 1. The molecule has 0 saturated carbocycles. The molecule has 0 saturated heterocycles. The lowest BCUT2D eigenvalue weighted by molar-refractivity contribution is -0.120. The molecule has 26 heavy (non-hydrogen) atoms. The van der Waals surface area contributed by atoms with Gasteiger partial charge in [-0.2, -0.15) is 0 Å². The van der Waals surface area contributed by atoms with Crippen LogP contribution in [0.3, 0.4) is 0 Å². The highest BCUT2D eigenvalue weighted by atomic mass is 35.5. The SMILES string of the molecule is COc1ccc(NC(=O)CN(C(C)=O)c2ccc(Cl)cc2C)c(OC)c1. The molecule has 0 aliphatic rings. The van der Waals surface area contributed by atoms with Crippen molar-refractivity contribution in [2.45, 2.75) is 13.8 Å². The minimum atomic E-state index is -0.349. The number of methoxy groups -OCH3 is 2. The van der Waals surface area contributed by atoms with Crippen molar-refractivity contribution in [2.24, 2.45) is 0 Å². The van der Waals surface area contributed by atoms with Crippen molar-refractivity contribution in [2.75, 3.05) is 31.0 Å². The fraction of sp³-hybridized carbons (Fsp3) is 0.263. The second-order valence-corrected chi connectivity index (χ2v) is 6.09. The molecule has 0 radical (unpaired) electrons. The minimum absolute atomic E-state index is 0.132. The lowest BCUT2D eigenvalue weighted by Gasteiger charge is -2.23. The van der Waals surface area contributed by atoms with E-state index in [-0.39, 0.29) is 18.4 Å². The van der Waals surface area contributed by atoms with Crippen LogP contribution < -0.4 is 19.7 Å². The number of nitrogens with one attached hydrogen (secondary N) is 1. The summed E-state index contributed by atoms with van der Waals surface area (Å²) < 4.78 is 10.4. The van der Waals surface area contributed by atoms with Crippen LogP contribution in [0.1, 0.15) is 12.5 Å². The number of carbonyl (C=O) groups excluding carboxylic acids is 2. The Morgan fingerprint density at radius 2 is 1.85 bits per heavy atom. The van der Waals surface area contributed by atoms with Crippen LogP contribution in [-0.4, -0.2) is 32.6 Å². The summed E-state index contributed by atoms with van der Waals surface area (Å²) in [5, 5.41) is 3.33. The standard InChI is InChI=1S/C19H21ClN2O4/c1-12-9-14(20)5-8-17(12)22(13(2)23)11-19(24)21-16-7-6-15(25-3)10-18(16)26-4/h5-10H,11H2,1-4H3,(H,21,24). The zero-order valence-electron chi connectivity index (χ0n) is 15.1. The van der Waals surface area contributed by atoms with E-state index in [4.69, 9.17) is 21.1 Å². The topological polar surface area (TPSA) is 67.9 Å². The van der Waals surface area contributed by atoms with E-state index in [1.807, 2.05) is 6.92 Å². The predicted molar refractivity (Wildman–Crippen MR) is 102 cm³/mol. The van der Waals surface area contributed by atoms with Gasteiger partial charge in [0.05, 0.1) is 19.9 Å². The van der Waals surface area contributed by atoms with Gasteiger partial charge in [0.25, 0.3) is 0 Å². The summed E-state index contributed by atoms with van der Waals surface area (Å²) in [6.07, 6.45) is 0. The van der Waals surface area contributed by atoms with Crippen LogP contribution in [0.25, 0.3) is 0 Å². The minimum Gasteiger partial charge on any atom is -0.497 e. The van der Waals surface area contributed by atoms with Crippen LogP contribution >= 0.6 is 11.6 Å². The van der Waals surface area contributed by atoms with E-state index in [1.54, 1.807) is 43.5 Å². The third kappa shape index (κ3) is 4.67. The molecule has 0 spiro atoms. The fourth-order valence-electron chi connectivity index (χ4n) is 2.52. The van der Waals surface area contributed by atoms with Crippen molar-refractivity contribution < 1.29 is 19.1 Å². The van der Waals surface area contributed by atoms with Gasteiger partial charge in [-0.15, -0.1) is 0 Å². The van der Waals surface area contributed by atoms with E-state index >= 15 is 0 Å². The van der Waals surface area contributed by atoms with Crippen molar-refractivity contribution in [1.82, 2.24) is 0 Å². The number of ether oxygens (including phenoxy) is 2. The molecule has 7 heteroatoms. The van der Waals surface area contributed by atoms with Gasteiger partial charge in [0.2, 0.25) is 11.8 Å². The average Bonchev–Trinajstić information content (AvgIpc) is 2.60. The Balaban J connectivity index is 2.20. The summed E-state index contributed by atoms with van der Waals surface area (Å²) in [5.74, 6) is 0.488. The average molecular weight is 377 g/mol. The zero-order valence-corrected chi connectivity index (χ0v) is 15.9. The van der Waals surface area contributed by atoms with Crippen LogP contribution in [0, 0.1) is 6.92 Å². The Labute approximate surface area is 157 Å². The number of rotatable bonds is 6. The van der Waals surface area contributed by atoms with Gasteiger partial charge in [-0.1, -0.05) is 11.6 Å². The molecule has 0 aliphatic heterocycles. The van der Waals surface area contributed by atoms with Crippen molar-refractivity contribution in [3.8, 4) is 11.5 Å². The van der Waals surface area contributed by atoms with Crippen molar-refractivity contribution >= 4 is 34.8 Å². The summed E-state index contributed by atoms with van der Waals surface area (Å²) >= 11 is 5.97. The zero-order chi connectivity index (χ0) is 19.3. The van der Waals surface area contributed by atoms with Crippen molar-refractivity contribution in [3.05, 3.63) is 47.0 Å². The van der Waals surface area contributed by atoms with Crippen LogP contribution in [0.5, 0.6) is 11.5 Å². The monoisotopic (exact) mass is 376 g/mol. The number of halogens is 1. The Kier molecular flexibility index (Phi) is 6.46. The molecule has 0 atom stereocenters. The first-order valence-corrected chi connectivity index (χ1v) is 8.29. The Morgan fingerprint density at radius 1 is 1.12 bits per heavy atom. The number of hydrogen-bond donors (Lipinski definition) is 1. The normalized spacial score (nSPS) is 10.2. The Bertz CT molecular complexity index is 823. The number of carbonyl (C=O) groups is 2. The van der Waals surface area contributed by atoms with Crippen LogP contribution in [-0.2, 0) is 9.59 Å². The van der Waals surface area contributed by atoms with E-state index in [1.165, 1.54) is 18.9 Å². The lowest BCUT2D eigenvalue weighted by Crippen LogP contribution is -2.37. The van der Waals surface area contributed by atoms with Crippen molar-refractivity contribution in [1.29, 1.82) is 0 Å². The van der Waals surface area contributed by atoms with Gasteiger partial charge in [-0.05, 0) is 42.8 Å². The fourth-order valence-corrected chi connectivity index (χ4v) is 2.75. The van der Waals surface area contributed by atoms with Gasteiger partial charge >= 0.3 is 0 Å². The lowest BCUT2D eigenvalue weighted by atomic mass is 10.1. The second kappa shape index (κ2) is 8.58. The first kappa shape index (κ1) is 19.6. The van der Waals surface area contributed by atoms with Crippen LogP contribution in [0.4, 0.5) is 11.4 Å². The van der Waals surface area contributed by atoms with Gasteiger partial charge in [0.1, 0.15) is 18.0 Å². The first-order valence-electron chi connectivity index (χ1n) is 7.92. The van der Waals surface area contributed by atoms with Crippen molar-refractivity contribution in [3.63, 3.8) is 0 Å². The number of amides is 2. The summed E-state index contributed by atoms with van der Waals surface area (Å²) in [7, 11) is 3.05. The Hall–Kier alpha value is -2.73. The first-order chi connectivity index (χ1) is 12.3. The van der Waals surface area contributed by atoms with E-state index in [0.29, 0.717) is 27.9 Å². The highest BCUT2D eigenvalue weighted by molar-refractivity contribution is 6.30. The Morgan fingerprint density at radius 3 is 2.42 bits per heavy atom. The largest absolute Gasteiger partial charge is 0.497 e. The van der Waals surface area contributed by atoms with Gasteiger partial charge in [-0.3, -0.25) is 9.59 Å². The molecule has 0 aromatic heterocycles. The maximum Gasteiger partial charge on any atom is 0.244 e. The molecule has 138 valence electrons. The number of hydrogen-bond acceptors (Lipinski definition) is 4. The predicted octanol–water partition coefficient (Wildman–Crippen LogP) is 3.66. The third-order valence-corrected chi connectivity index (χ3v) is 4.05. The van der Waals surface area contributed by atoms with Gasteiger partial charge in [0, 0.05) is 23.7 Å². The molecular formula is C19H21ClN2O4. The molecule has 0 fully saturated rings. The quantitative estimate of drug-likeness (QED) is 0.835. The number of benzene rings is 2. The second-order valence-electron chi connectivity index (χ2n) is 5.65. The van der Waals surface area contributed by atoms with E-state index in [2.05, 4.69) is 5.32 Å². The summed E-state index contributed by atoms with van der Waals surface area (Å²) in [4.78, 5) is 25.9. The summed E-state index contributed by atoms with van der Waals surface area (Å²) in [6.45, 7) is 3.11. The maximum absolute atomic E-state index is 12.5. The summed E-state index contributed by atoms with van der Waals surface area (Å²) in [5.41, 5.74) is 1.94. The van der Waals surface area contributed by atoms with Crippen LogP contribution in [0.2, 0.25) is 5.02 Å². The molecule has 1 N–H and O–H groups in total. The molecule has 2 aromatic carbocycles. The molecular weight excluding hydrogens is 356 g/mol. The molecule has 0 unspecified atom stereocenters. The highest BCUT2D eigenvalue weighted by Crippen LogP contribution is 2.29. The van der Waals surface area contributed by atoms with Gasteiger partial charge in [0.15, 0.2) is 0 Å². The van der Waals surface area contributed by atoms with Gasteiger partial charge < -0.3 is 19.7 Å².